The molecule has 0 spiro atoms. The Bertz CT molecular complexity index is 346. The number of nitrogens with two attached hydrogens (primary N) is 1. The summed E-state index contributed by atoms with van der Waals surface area (Å²) < 4.78 is 0. The summed E-state index contributed by atoms with van der Waals surface area (Å²) in [5.74, 6) is -0.253. The van der Waals surface area contributed by atoms with Crippen molar-refractivity contribution in [2.75, 3.05) is 5.32 Å². The zero-order valence-electron chi connectivity index (χ0n) is 6.81. The molecule has 7 heteroatoms. The largest absolute Gasteiger partial charge is 0.409 e. The van der Waals surface area contributed by atoms with Gasteiger partial charge in [0.1, 0.15) is 5.00 Å². The highest BCUT2D eigenvalue weighted by Gasteiger charge is 2.06. The van der Waals surface area contributed by atoms with Gasteiger partial charge in [-0.15, -0.1) is 0 Å². The molecule has 13 heavy (non-hydrogen) atoms. The van der Waals surface area contributed by atoms with E-state index in [0.717, 1.165) is 11.3 Å². The number of thiazole rings is 1. The topological polar surface area (TPSA) is 101 Å². The molecule has 0 aromatic carbocycles. The van der Waals surface area contributed by atoms with E-state index in [2.05, 4.69) is 15.5 Å². The van der Waals surface area contributed by atoms with Crippen LogP contribution < -0.4 is 11.1 Å². The van der Waals surface area contributed by atoms with Gasteiger partial charge in [-0.1, -0.05) is 16.5 Å². The van der Waals surface area contributed by atoms with Crippen molar-refractivity contribution < 1.29 is 10.0 Å². The van der Waals surface area contributed by atoms with E-state index < -0.39 is 0 Å². The van der Waals surface area contributed by atoms with E-state index in [1.165, 1.54) is 13.1 Å². The number of aromatic nitrogens is 1. The van der Waals surface area contributed by atoms with Crippen LogP contribution in [0.2, 0.25) is 0 Å². The van der Waals surface area contributed by atoms with Gasteiger partial charge in [-0.05, 0) is 0 Å². The number of nitrogens with zero attached hydrogens (tertiary/aromatic N) is 2. The Morgan fingerprint density at radius 3 is 3.08 bits per heavy atom. The molecule has 1 aromatic heterocycles. The predicted octanol–water partition coefficient (Wildman–Crippen LogP) is 0.196. The minimum Gasteiger partial charge on any atom is -0.409 e. The van der Waals surface area contributed by atoms with E-state index in [9.17, 15) is 4.79 Å². The zero-order chi connectivity index (χ0) is 9.84. The Balaban J connectivity index is 2.80. The number of nitrogens with one attached hydrogen (secondary N) is 1. The van der Waals surface area contributed by atoms with Gasteiger partial charge in [0.05, 0.1) is 6.20 Å². The number of amidine groups is 1. The second-order valence-electron chi connectivity index (χ2n) is 2.20. The van der Waals surface area contributed by atoms with Crippen molar-refractivity contribution in [3.05, 3.63) is 11.2 Å². The Hall–Kier alpha value is -1.63. The Kier molecular flexibility index (Phi) is 2.80. The summed E-state index contributed by atoms with van der Waals surface area (Å²) in [6, 6.07) is 0. The van der Waals surface area contributed by atoms with Crippen molar-refractivity contribution in [2.24, 2.45) is 10.9 Å². The fourth-order valence-electron chi connectivity index (χ4n) is 0.667. The molecule has 0 aliphatic carbocycles. The Labute approximate surface area is 78.1 Å². The summed E-state index contributed by atoms with van der Waals surface area (Å²) in [6.07, 6.45) is 1.44. The van der Waals surface area contributed by atoms with Crippen LogP contribution in [0.4, 0.5) is 5.00 Å². The zero-order valence-corrected chi connectivity index (χ0v) is 7.63. The molecule has 0 atom stereocenters. The fraction of sp³-hybridized carbons (Fsp3) is 0.167. The molecule has 0 aliphatic heterocycles. The third-order valence-corrected chi connectivity index (χ3v) is 2.07. The van der Waals surface area contributed by atoms with Gasteiger partial charge in [-0.2, -0.15) is 0 Å². The molecule has 4 N–H and O–H groups in total. The number of anilines is 1. The minimum atomic E-state index is -0.185. The lowest BCUT2D eigenvalue weighted by atomic mass is 10.6. The molecular formula is C6H8N4O2S. The molecule has 1 aromatic rings. The number of amides is 1. The highest BCUT2D eigenvalue weighted by atomic mass is 32.1. The molecule has 0 saturated carbocycles. The van der Waals surface area contributed by atoms with Crippen molar-refractivity contribution in [1.82, 2.24) is 4.98 Å². The van der Waals surface area contributed by atoms with E-state index >= 15 is 0 Å². The maximum atomic E-state index is 10.6. The van der Waals surface area contributed by atoms with E-state index in [-0.39, 0.29) is 11.7 Å². The van der Waals surface area contributed by atoms with E-state index in [4.69, 9.17) is 10.9 Å². The Morgan fingerprint density at radius 2 is 2.54 bits per heavy atom. The van der Waals surface area contributed by atoms with Gasteiger partial charge in [-0.25, -0.2) is 4.98 Å². The number of oxime groups is 1. The van der Waals surface area contributed by atoms with E-state index in [0.29, 0.717) is 10.0 Å². The summed E-state index contributed by atoms with van der Waals surface area (Å²) in [7, 11) is 0. The molecule has 1 rings (SSSR count). The van der Waals surface area contributed by atoms with E-state index in [1.54, 1.807) is 0 Å². The molecule has 0 saturated heterocycles. The van der Waals surface area contributed by atoms with Gasteiger partial charge >= 0.3 is 0 Å². The molecule has 0 bridgehead atoms. The van der Waals surface area contributed by atoms with Crippen LogP contribution in [0.25, 0.3) is 0 Å². The smallest absolute Gasteiger partial charge is 0.221 e. The third kappa shape index (κ3) is 2.41. The second-order valence-corrected chi connectivity index (χ2v) is 3.23. The van der Waals surface area contributed by atoms with Crippen LogP contribution in [-0.4, -0.2) is 21.9 Å². The first-order chi connectivity index (χ1) is 6.13. The number of rotatable bonds is 2. The van der Waals surface area contributed by atoms with Crippen molar-refractivity contribution in [2.45, 2.75) is 6.92 Å². The standard InChI is InChI=1S/C6H8N4O2S/c1-3(11)9-4-2-8-6(13-4)5(7)10-12/h2,12H,1H3,(H2,7,10)(H,9,11). The van der Waals surface area contributed by atoms with Gasteiger partial charge in [-0.3, -0.25) is 4.79 Å². The first-order valence-electron chi connectivity index (χ1n) is 3.35. The minimum absolute atomic E-state index is 0.0680. The summed E-state index contributed by atoms with van der Waals surface area (Å²) in [5.41, 5.74) is 5.27. The Morgan fingerprint density at radius 1 is 1.85 bits per heavy atom. The van der Waals surface area contributed by atoms with Crippen LogP contribution in [0, 0.1) is 0 Å². The van der Waals surface area contributed by atoms with Gasteiger partial charge in [0.25, 0.3) is 0 Å². The monoisotopic (exact) mass is 200 g/mol. The maximum absolute atomic E-state index is 10.6. The second kappa shape index (κ2) is 3.85. The first kappa shape index (κ1) is 9.46. The summed E-state index contributed by atoms with van der Waals surface area (Å²) in [6.45, 7) is 1.39. The molecule has 0 aliphatic rings. The molecule has 1 heterocycles. The average Bonchev–Trinajstić information content (AvgIpc) is 2.50. The van der Waals surface area contributed by atoms with E-state index in [1.807, 2.05) is 0 Å². The normalized spacial score (nSPS) is 11.3. The number of carbonyl (C=O) groups excluding carboxylic acids is 1. The third-order valence-electron chi connectivity index (χ3n) is 1.13. The molecule has 0 unspecified atom stereocenters. The van der Waals surface area contributed by atoms with Crippen molar-refractivity contribution in [1.29, 1.82) is 0 Å². The lowest BCUT2D eigenvalue weighted by molar-refractivity contribution is -0.114. The van der Waals surface area contributed by atoms with Crippen LogP contribution in [0.5, 0.6) is 0 Å². The molecule has 6 nitrogen and oxygen atoms in total. The number of hydrogen-bond acceptors (Lipinski definition) is 5. The fourth-order valence-corrected chi connectivity index (χ4v) is 1.43. The van der Waals surface area contributed by atoms with Gasteiger partial charge in [0.2, 0.25) is 5.91 Å². The van der Waals surface area contributed by atoms with Crippen LogP contribution in [0.15, 0.2) is 11.4 Å². The van der Waals surface area contributed by atoms with Crippen LogP contribution in [0.1, 0.15) is 11.9 Å². The highest BCUT2D eigenvalue weighted by Crippen LogP contribution is 2.17. The molecule has 0 radical (unpaired) electrons. The maximum Gasteiger partial charge on any atom is 0.221 e. The van der Waals surface area contributed by atoms with Crippen molar-refractivity contribution in [3.8, 4) is 0 Å². The highest BCUT2D eigenvalue weighted by molar-refractivity contribution is 7.17. The van der Waals surface area contributed by atoms with Gasteiger partial charge < -0.3 is 16.3 Å². The van der Waals surface area contributed by atoms with Crippen molar-refractivity contribution in [3.63, 3.8) is 0 Å². The summed E-state index contributed by atoms with van der Waals surface area (Å²) in [5, 5.41) is 14.6. The lowest BCUT2D eigenvalue weighted by Crippen LogP contribution is -2.12. The van der Waals surface area contributed by atoms with Crippen LogP contribution in [0.3, 0.4) is 0 Å². The quantitative estimate of drug-likeness (QED) is 0.274. The molecular weight excluding hydrogens is 192 g/mol. The molecule has 1 amide bonds. The lowest BCUT2D eigenvalue weighted by Gasteiger charge is -1.92. The molecule has 0 fully saturated rings. The predicted molar refractivity (Wildman–Crippen MR) is 48.9 cm³/mol. The summed E-state index contributed by atoms with van der Waals surface area (Å²) >= 11 is 1.14. The van der Waals surface area contributed by atoms with Crippen LogP contribution in [-0.2, 0) is 4.79 Å². The SMILES string of the molecule is CC(=O)Nc1cnc(/C(N)=N/O)s1. The average molecular weight is 200 g/mol. The van der Waals surface area contributed by atoms with Crippen LogP contribution >= 0.6 is 11.3 Å². The van der Waals surface area contributed by atoms with Crippen molar-refractivity contribution >= 4 is 28.1 Å². The van der Waals surface area contributed by atoms with Gasteiger partial charge in [0.15, 0.2) is 10.8 Å². The number of hydrogen-bond donors (Lipinski definition) is 3. The molecule has 70 valence electrons. The first-order valence-corrected chi connectivity index (χ1v) is 4.16. The van der Waals surface area contributed by atoms with Gasteiger partial charge in [0, 0.05) is 6.92 Å². The number of carbonyl (C=O) groups is 1. The summed E-state index contributed by atoms with van der Waals surface area (Å²) in [4.78, 5) is 14.4.